The maximum atomic E-state index is 13.5. The third kappa shape index (κ3) is 4.51. The monoisotopic (exact) mass is 503 g/mol. The summed E-state index contributed by atoms with van der Waals surface area (Å²) in [4.78, 5) is 24.6. The Morgan fingerprint density at radius 3 is 2.39 bits per heavy atom. The molecule has 8 heteroatoms. The number of aromatic nitrogens is 2. The van der Waals surface area contributed by atoms with Crippen molar-refractivity contribution in [2.75, 3.05) is 0 Å². The maximum absolute atomic E-state index is 13.5. The van der Waals surface area contributed by atoms with E-state index in [0.717, 1.165) is 21.9 Å². The number of amides is 1. The van der Waals surface area contributed by atoms with Gasteiger partial charge in [0.1, 0.15) is 23.2 Å². The second-order valence-corrected chi connectivity index (χ2v) is 8.95. The molecule has 6 rings (SSSR count). The van der Waals surface area contributed by atoms with Gasteiger partial charge in [-0.2, -0.15) is 0 Å². The summed E-state index contributed by atoms with van der Waals surface area (Å²) in [5.41, 5.74) is 4.18. The molecule has 0 bridgehead atoms. The van der Waals surface area contributed by atoms with Crippen molar-refractivity contribution < 1.29 is 23.7 Å². The molecular weight excluding hydrogens is 482 g/mol. The Morgan fingerprint density at radius 1 is 0.842 bits per heavy atom. The molecule has 6 aromatic rings. The Kier molecular flexibility index (Phi) is 5.89. The average Bonchev–Trinajstić information content (AvgIpc) is 3.62. The summed E-state index contributed by atoms with van der Waals surface area (Å²) in [6, 6.07) is 26.0. The molecule has 2 aromatic heterocycles. The first-order valence-corrected chi connectivity index (χ1v) is 12.0. The van der Waals surface area contributed by atoms with E-state index in [9.17, 15) is 9.59 Å². The molecule has 186 valence electrons. The lowest BCUT2D eigenvalue weighted by molar-refractivity contribution is 0.0696. The SMILES string of the molecule is O=C(O)c1ccc(CNC(=O)c2cc(-c3ccon3)cc3noc(Cc4ccc5ccccc5c4)c23)cc1. The molecule has 0 saturated heterocycles. The summed E-state index contributed by atoms with van der Waals surface area (Å²) in [6.45, 7) is 0.222. The zero-order chi connectivity index (χ0) is 26.1. The van der Waals surface area contributed by atoms with E-state index in [1.54, 1.807) is 24.3 Å². The summed E-state index contributed by atoms with van der Waals surface area (Å²) < 4.78 is 10.8. The molecule has 4 aromatic carbocycles. The third-order valence-corrected chi connectivity index (χ3v) is 6.46. The Morgan fingerprint density at radius 2 is 1.63 bits per heavy atom. The molecule has 2 N–H and O–H groups in total. The van der Waals surface area contributed by atoms with Gasteiger partial charge in [-0.15, -0.1) is 0 Å². The number of benzene rings is 4. The quantitative estimate of drug-likeness (QED) is 0.280. The van der Waals surface area contributed by atoms with Crippen molar-refractivity contribution in [3.8, 4) is 11.3 Å². The van der Waals surface area contributed by atoms with Crippen molar-refractivity contribution in [1.82, 2.24) is 15.6 Å². The number of rotatable bonds is 7. The van der Waals surface area contributed by atoms with Crippen LogP contribution in [-0.2, 0) is 13.0 Å². The predicted molar refractivity (Wildman–Crippen MR) is 141 cm³/mol. The van der Waals surface area contributed by atoms with Crippen LogP contribution in [0.3, 0.4) is 0 Å². The Balaban J connectivity index is 1.35. The molecule has 0 spiro atoms. The molecule has 2 heterocycles. The normalized spacial score (nSPS) is 11.2. The zero-order valence-electron chi connectivity index (χ0n) is 20.0. The highest BCUT2D eigenvalue weighted by molar-refractivity contribution is 6.08. The Bertz CT molecular complexity index is 1790. The lowest BCUT2D eigenvalue weighted by Gasteiger charge is -2.09. The molecular formula is C30H21N3O5. The van der Waals surface area contributed by atoms with E-state index >= 15 is 0 Å². The molecule has 0 aliphatic heterocycles. The number of nitrogens with one attached hydrogen (secondary N) is 1. The maximum Gasteiger partial charge on any atom is 0.335 e. The van der Waals surface area contributed by atoms with E-state index < -0.39 is 5.97 Å². The van der Waals surface area contributed by atoms with E-state index in [2.05, 4.69) is 39.9 Å². The summed E-state index contributed by atoms with van der Waals surface area (Å²) in [7, 11) is 0. The van der Waals surface area contributed by atoms with Crippen LogP contribution in [0.1, 0.15) is 37.6 Å². The zero-order valence-corrected chi connectivity index (χ0v) is 20.0. The van der Waals surface area contributed by atoms with E-state index in [1.807, 2.05) is 24.3 Å². The number of carbonyl (C=O) groups excluding carboxylic acids is 1. The highest BCUT2D eigenvalue weighted by Gasteiger charge is 2.21. The van der Waals surface area contributed by atoms with Crippen LogP contribution < -0.4 is 5.32 Å². The van der Waals surface area contributed by atoms with Crippen molar-refractivity contribution in [2.24, 2.45) is 0 Å². The summed E-state index contributed by atoms with van der Waals surface area (Å²) >= 11 is 0. The smallest absolute Gasteiger partial charge is 0.335 e. The average molecular weight is 504 g/mol. The fourth-order valence-corrected chi connectivity index (χ4v) is 4.53. The lowest BCUT2D eigenvalue weighted by Crippen LogP contribution is -2.23. The van der Waals surface area contributed by atoms with Crippen LogP contribution in [-0.4, -0.2) is 27.3 Å². The van der Waals surface area contributed by atoms with Gasteiger partial charge >= 0.3 is 5.97 Å². The Hall–Kier alpha value is -5.24. The molecule has 0 aliphatic carbocycles. The van der Waals surface area contributed by atoms with Crippen LogP contribution in [0.2, 0.25) is 0 Å². The van der Waals surface area contributed by atoms with E-state index in [1.165, 1.54) is 18.4 Å². The molecule has 8 nitrogen and oxygen atoms in total. The molecule has 0 saturated carbocycles. The van der Waals surface area contributed by atoms with Gasteiger partial charge in [0.25, 0.3) is 5.91 Å². The van der Waals surface area contributed by atoms with Crippen molar-refractivity contribution in [3.63, 3.8) is 0 Å². The summed E-state index contributed by atoms with van der Waals surface area (Å²) in [5, 5.41) is 23.2. The van der Waals surface area contributed by atoms with Crippen LogP contribution >= 0.6 is 0 Å². The van der Waals surface area contributed by atoms with Crippen molar-refractivity contribution in [2.45, 2.75) is 13.0 Å². The second-order valence-electron chi connectivity index (χ2n) is 8.95. The van der Waals surface area contributed by atoms with Gasteiger partial charge in [0, 0.05) is 24.6 Å². The minimum atomic E-state index is -1.00. The Labute approximate surface area is 216 Å². The van der Waals surface area contributed by atoms with E-state index in [-0.39, 0.29) is 18.0 Å². The van der Waals surface area contributed by atoms with Gasteiger partial charge in [-0.05, 0) is 46.2 Å². The number of nitrogens with zero attached hydrogens (tertiary/aromatic N) is 2. The lowest BCUT2D eigenvalue weighted by atomic mass is 9.98. The van der Waals surface area contributed by atoms with E-state index in [0.29, 0.717) is 39.9 Å². The van der Waals surface area contributed by atoms with Gasteiger partial charge in [0.15, 0.2) is 0 Å². The number of hydrogen-bond donors (Lipinski definition) is 2. The van der Waals surface area contributed by atoms with Crippen LogP contribution in [0.4, 0.5) is 0 Å². The molecule has 0 aliphatic rings. The van der Waals surface area contributed by atoms with Crippen LogP contribution in [0.25, 0.3) is 32.9 Å². The van der Waals surface area contributed by atoms with Crippen LogP contribution in [0.15, 0.2) is 100 Å². The van der Waals surface area contributed by atoms with Gasteiger partial charge in [0.2, 0.25) is 0 Å². The predicted octanol–water partition coefficient (Wildman–Crippen LogP) is 5.86. The number of carbonyl (C=O) groups is 2. The number of fused-ring (bicyclic) bond motifs is 2. The van der Waals surface area contributed by atoms with Crippen molar-refractivity contribution in [3.05, 3.63) is 119 Å². The standard InChI is InChI=1S/C30H21N3O5/c34-29(31-17-18-5-9-21(10-6-18)30(35)36)24-15-23(25-11-12-37-32-25)16-26-28(24)27(38-33-26)14-19-7-8-20-3-1-2-4-22(20)13-19/h1-13,15-16H,14,17H2,(H,31,34)(H,35,36). The first-order valence-electron chi connectivity index (χ1n) is 12.0. The molecule has 0 radical (unpaired) electrons. The molecule has 38 heavy (non-hydrogen) atoms. The van der Waals surface area contributed by atoms with Gasteiger partial charge in [-0.25, -0.2) is 4.79 Å². The minimum Gasteiger partial charge on any atom is -0.478 e. The van der Waals surface area contributed by atoms with Crippen molar-refractivity contribution in [1.29, 1.82) is 0 Å². The number of carboxylic acid groups (broad SMARTS) is 1. The first-order chi connectivity index (χ1) is 18.5. The molecule has 1 amide bonds. The molecule has 0 fully saturated rings. The third-order valence-electron chi connectivity index (χ3n) is 6.46. The van der Waals surface area contributed by atoms with E-state index in [4.69, 9.17) is 14.2 Å². The van der Waals surface area contributed by atoms with Crippen molar-refractivity contribution >= 4 is 33.6 Å². The largest absolute Gasteiger partial charge is 0.478 e. The van der Waals surface area contributed by atoms with Gasteiger partial charge in [-0.1, -0.05) is 64.9 Å². The number of carboxylic acids is 1. The second kappa shape index (κ2) is 9.67. The number of hydrogen-bond acceptors (Lipinski definition) is 6. The summed E-state index contributed by atoms with van der Waals surface area (Å²) in [5.74, 6) is -0.734. The first kappa shape index (κ1) is 23.2. The number of aromatic carboxylic acids is 1. The molecule has 0 unspecified atom stereocenters. The fourth-order valence-electron chi connectivity index (χ4n) is 4.53. The summed E-state index contributed by atoms with van der Waals surface area (Å²) in [6.07, 6.45) is 1.93. The van der Waals surface area contributed by atoms with Gasteiger partial charge in [0.05, 0.1) is 16.5 Å². The highest BCUT2D eigenvalue weighted by atomic mass is 16.5. The van der Waals surface area contributed by atoms with Crippen LogP contribution in [0, 0.1) is 0 Å². The highest BCUT2D eigenvalue weighted by Crippen LogP contribution is 2.31. The topological polar surface area (TPSA) is 118 Å². The van der Waals surface area contributed by atoms with Gasteiger partial charge in [-0.3, -0.25) is 4.79 Å². The minimum absolute atomic E-state index is 0.185. The van der Waals surface area contributed by atoms with Crippen LogP contribution in [0.5, 0.6) is 0 Å². The molecule has 0 atom stereocenters. The fraction of sp³-hybridized carbons (Fsp3) is 0.0667. The van der Waals surface area contributed by atoms with Gasteiger partial charge < -0.3 is 19.5 Å².